The van der Waals surface area contributed by atoms with E-state index in [1.54, 1.807) is 11.3 Å². The molecule has 0 saturated heterocycles. The molecule has 2 N–H and O–H groups in total. The molecule has 86 valence electrons. The molecule has 0 aliphatic heterocycles. The van der Waals surface area contributed by atoms with Crippen LogP contribution in [0.4, 0.5) is 0 Å². The van der Waals surface area contributed by atoms with Crippen LogP contribution in [0.2, 0.25) is 0 Å². The molecule has 1 aromatic rings. The number of hydrogen-bond acceptors (Lipinski definition) is 3. The fourth-order valence-corrected chi connectivity index (χ4v) is 2.29. The van der Waals surface area contributed by atoms with E-state index in [4.69, 9.17) is 5.11 Å². The van der Waals surface area contributed by atoms with Gasteiger partial charge in [0.1, 0.15) is 0 Å². The Morgan fingerprint density at radius 1 is 1.53 bits per heavy atom. The number of nitrogens with one attached hydrogen (secondary N) is 1. The van der Waals surface area contributed by atoms with Gasteiger partial charge in [-0.1, -0.05) is 26.3 Å². The van der Waals surface area contributed by atoms with Gasteiger partial charge in [0.15, 0.2) is 0 Å². The number of aliphatic hydroxyl groups is 1. The molecule has 1 heterocycles. The average molecular weight is 227 g/mol. The van der Waals surface area contributed by atoms with Crippen molar-refractivity contribution in [2.24, 2.45) is 5.92 Å². The quantitative estimate of drug-likeness (QED) is 0.750. The maximum Gasteiger partial charge on any atom is 0.0449 e. The molecule has 0 amide bonds. The lowest BCUT2D eigenvalue weighted by atomic mass is 10.1. The zero-order chi connectivity index (χ0) is 11.1. The molecule has 0 bridgehead atoms. The van der Waals surface area contributed by atoms with Crippen molar-refractivity contribution in [2.45, 2.75) is 32.7 Å². The summed E-state index contributed by atoms with van der Waals surface area (Å²) in [7, 11) is 0. The summed E-state index contributed by atoms with van der Waals surface area (Å²) in [5.41, 5.74) is 0. The molecule has 2 nitrogen and oxygen atoms in total. The van der Waals surface area contributed by atoms with Gasteiger partial charge in [-0.25, -0.2) is 0 Å². The first-order valence-corrected chi connectivity index (χ1v) is 6.53. The van der Waals surface area contributed by atoms with Gasteiger partial charge in [-0.05, 0) is 30.3 Å². The minimum Gasteiger partial charge on any atom is -0.396 e. The Morgan fingerprint density at radius 2 is 2.33 bits per heavy atom. The van der Waals surface area contributed by atoms with Crippen molar-refractivity contribution in [3.63, 3.8) is 0 Å². The molecular weight excluding hydrogens is 206 g/mol. The Morgan fingerprint density at radius 3 is 2.87 bits per heavy atom. The molecule has 1 aromatic heterocycles. The fraction of sp³-hybridized carbons (Fsp3) is 0.667. The van der Waals surface area contributed by atoms with Gasteiger partial charge in [-0.2, -0.15) is 0 Å². The van der Waals surface area contributed by atoms with Gasteiger partial charge in [0.2, 0.25) is 0 Å². The highest BCUT2D eigenvalue weighted by molar-refractivity contribution is 7.10. The largest absolute Gasteiger partial charge is 0.396 e. The summed E-state index contributed by atoms with van der Waals surface area (Å²) in [4.78, 5) is 1.33. The van der Waals surface area contributed by atoms with E-state index in [1.165, 1.54) is 11.3 Å². The van der Waals surface area contributed by atoms with Crippen LogP contribution in [0.25, 0.3) is 0 Å². The summed E-state index contributed by atoms with van der Waals surface area (Å²) in [6.07, 6.45) is 2.00. The molecule has 1 rings (SSSR count). The molecule has 3 heteroatoms. The third-order valence-electron chi connectivity index (χ3n) is 2.71. The zero-order valence-corrected chi connectivity index (χ0v) is 10.4. The lowest BCUT2D eigenvalue weighted by Gasteiger charge is -2.18. The van der Waals surface area contributed by atoms with Crippen LogP contribution < -0.4 is 5.32 Å². The van der Waals surface area contributed by atoms with Crippen molar-refractivity contribution in [1.29, 1.82) is 0 Å². The van der Waals surface area contributed by atoms with Crippen LogP contribution in [0.15, 0.2) is 17.5 Å². The summed E-state index contributed by atoms with van der Waals surface area (Å²) < 4.78 is 0. The minimum absolute atomic E-state index is 0.246. The van der Waals surface area contributed by atoms with Crippen molar-refractivity contribution in [2.75, 3.05) is 13.2 Å². The highest BCUT2D eigenvalue weighted by atomic mass is 32.1. The second-order valence-electron chi connectivity index (χ2n) is 4.00. The van der Waals surface area contributed by atoms with E-state index in [1.807, 2.05) is 0 Å². The maximum absolute atomic E-state index is 9.02. The first-order chi connectivity index (χ1) is 7.27. The van der Waals surface area contributed by atoms with Gasteiger partial charge in [0, 0.05) is 17.5 Å². The molecule has 0 aromatic carbocycles. The Hall–Kier alpha value is -0.380. The number of hydrogen-bond donors (Lipinski definition) is 2. The Balaban J connectivity index is 2.44. The number of rotatable bonds is 7. The smallest absolute Gasteiger partial charge is 0.0449 e. The van der Waals surface area contributed by atoms with Gasteiger partial charge in [0.05, 0.1) is 0 Å². The van der Waals surface area contributed by atoms with Gasteiger partial charge in [0.25, 0.3) is 0 Å². The Bertz CT molecular complexity index is 248. The fourth-order valence-electron chi connectivity index (χ4n) is 1.45. The first kappa shape index (κ1) is 12.7. The van der Waals surface area contributed by atoms with Crippen LogP contribution in [0, 0.1) is 5.92 Å². The Kier molecular flexibility index (Phi) is 5.91. The lowest BCUT2D eigenvalue weighted by Crippen LogP contribution is -2.26. The molecule has 0 saturated carbocycles. The predicted molar refractivity (Wildman–Crippen MR) is 66.2 cm³/mol. The van der Waals surface area contributed by atoms with E-state index in [-0.39, 0.29) is 6.61 Å². The summed E-state index contributed by atoms with van der Waals surface area (Å²) in [5, 5.41) is 14.6. The highest BCUT2D eigenvalue weighted by Crippen LogP contribution is 2.21. The molecule has 0 radical (unpaired) electrons. The number of thiophene rings is 1. The molecule has 2 atom stereocenters. The van der Waals surface area contributed by atoms with Crippen LogP contribution >= 0.6 is 11.3 Å². The minimum atomic E-state index is 0.246. The lowest BCUT2D eigenvalue weighted by molar-refractivity contribution is 0.263. The molecule has 0 fully saturated rings. The number of aliphatic hydroxyl groups excluding tert-OH is 1. The van der Waals surface area contributed by atoms with Crippen LogP contribution in [0.3, 0.4) is 0 Å². The van der Waals surface area contributed by atoms with E-state index in [0.717, 1.165) is 13.0 Å². The highest BCUT2D eigenvalue weighted by Gasteiger charge is 2.12. The van der Waals surface area contributed by atoms with E-state index in [0.29, 0.717) is 12.0 Å². The van der Waals surface area contributed by atoms with E-state index >= 15 is 0 Å². The maximum atomic E-state index is 9.02. The van der Waals surface area contributed by atoms with Crippen LogP contribution in [0.5, 0.6) is 0 Å². The average Bonchev–Trinajstić information content (AvgIpc) is 2.76. The van der Waals surface area contributed by atoms with Crippen LogP contribution in [-0.4, -0.2) is 18.3 Å². The first-order valence-electron chi connectivity index (χ1n) is 5.65. The van der Waals surface area contributed by atoms with Crippen LogP contribution in [0.1, 0.15) is 37.6 Å². The second kappa shape index (κ2) is 6.99. The third kappa shape index (κ3) is 4.33. The van der Waals surface area contributed by atoms with Crippen molar-refractivity contribution in [3.05, 3.63) is 22.4 Å². The van der Waals surface area contributed by atoms with Crippen molar-refractivity contribution in [3.8, 4) is 0 Å². The van der Waals surface area contributed by atoms with Gasteiger partial charge >= 0.3 is 0 Å². The summed E-state index contributed by atoms with van der Waals surface area (Å²) in [5.74, 6) is 0.700. The molecular formula is C12H21NOS. The molecule has 0 spiro atoms. The molecule has 0 aliphatic rings. The van der Waals surface area contributed by atoms with Crippen molar-refractivity contribution >= 4 is 11.3 Å². The van der Waals surface area contributed by atoms with E-state index < -0.39 is 0 Å². The summed E-state index contributed by atoms with van der Waals surface area (Å²) in [6.45, 7) is 5.73. The second-order valence-corrected chi connectivity index (χ2v) is 4.98. The predicted octanol–water partition coefficient (Wildman–Crippen LogP) is 2.81. The van der Waals surface area contributed by atoms with Gasteiger partial charge in [-0.15, -0.1) is 11.3 Å². The van der Waals surface area contributed by atoms with E-state index in [9.17, 15) is 0 Å². The van der Waals surface area contributed by atoms with Crippen molar-refractivity contribution in [1.82, 2.24) is 5.32 Å². The summed E-state index contributed by atoms with van der Waals surface area (Å²) >= 11 is 1.76. The van der Waals surface area contributed by atoms with E-state index in [2.05, 4.69) is 36.7 Å². The third-order valence-corrected chi connectivity index (χ3v) is 3.70. The normalized spacial score (nSPS) is 15.1. The monoisotopic (exact) mass is 227 g/mol. The molecule has 0 aliphatic carbocycles. The Labute approximate surface area is 96.3 Å². The van der Waals surface area contributed by atoms with Gasteiger partial charge < -0.3 is 10.4 Å². The zero-order valence-electron chi connectivity index (χ0n) is 9.57. The molecule has 15 heavy (non-hydrogen) atoms. The van der Waals surface area contributed by atoms with Gasteiger partial charge in [-0.3, -0.25) is 0 Å². The van der Waals surface area contributed by atoms with Crippen molar-refractivity contribution < 1.29 is 5.11 Å². The van der Waals surface area contributed by atoms with Crippen LogP contribution in [-0.2, 0) is 0 Å². The molecule has 2 unspecified atom stereocenters. The standard InChI is InChI=1S/C12H21NOS/c1-3-10(2)9-13-11(6-7-14)12-5-4-8-15-12/h4-5,8,10-11,13-14H,3,6-7,9H2,1-2H3. The SMILES string of the molecule is CCC(C)CNC(CCO)c1cccs1. The topological polar surface area (TPSA) is 32.3 Å². The summed E-state index contributed by atoms with van der Waals surface area (Å²) in [6, 6.07) is 4.52.